The van der Waals surface area contributed by atoms with Crippen LogP contribution in [0.25, 0.3) is 0 Å². The number of amides is 1. The minimum absolute atomic E-state index is 0.304. The first-order chi connectivity index (χ1) is 6.36. The van der Waals surface area contributed by atoms with E-state index in [0.29, 0.717) is 17.1 Å². The lowest BCUT2D eigenvalue weighted by atomic mass is 9.85. The minimum atomic E-state index is 0.304. The van der Waals surface area contributed by atoms with Gasteiger partial charge in [-0.25, -0.2) is 0 Å². The van der Waals surface area contributed by atoms with E-state index in [-0.39, 0.29) is 0 Å². The Morgan fingerprint density at radius 1 is 1.31 bits per heavy atom. The molecule has 2 aliphatic rings. The quantitative estimate of drug-likeness (QED) is 0.751. The molecule has 1 N–H and O–H groups in total. The zero-order valence-corrected chi connectivity index (χ0v) is 8.74. The predicted octanol–water partition coefficient (Wildman–Crippen LogP) is 1.80. The fourth-order valence-electron chi connectivity index (χ4n) is 1.83. The van der Waals surface area contributed by atoms with Crippen molar-refractivity contribution in [3.63, 3.8) is 0 Å². The third kappa shape index (κ3) is 2.39. The molecular weight excluding hydrogens is 182 g/mol. The number of hydrogen-bond acceptors (Lipinski definition) is 2. The van der Waals surface area contributed by atoms with Gasteiger partial charge in [-0.2, -0.15) is 11.8 Å². The van der Waals surface area contributed by atoms with Crippen LogP contribution >= 0.6 is 11.8 Å². The average molecular weight is 199 g/mol. The molecule has 1 atom stereocenters. The van der Waals surface area contributed by atoms with E-state index in [0.717, 1.165) is 19.4 Å². The maximum Gasteiger partial charge on any atom is 0.223 e. The van der Waals surface area contributed by atoms with E-state index in [1.165, 1.54) is 25.0 Å². The van der Waals surface area contributed by atoms with Crippen molar-refractivity contribution < 1.29 is 4.79 Å². The Bertz CT molecular complexity index is 185. The molecule has 0 aromatic rings. The smallest absolute Gasteiger partial charge is 0.223 e. The molecule has 1 aliphatic carbocycles. The summed E-state index contributed by atoms with van der Waals surface area (Å²) in [5.74, 6) is 1.94. The lowest BCUT2D eigenvalue weighted by Gasteiger charge is -2.24. The molecule has 1 heterocycles. The van der Waals surface area contributed by atoms with Crippen LogP contribution in [-0.2, 0) is 4.79 Å². The summed E-state index contributed by atoms with van der Waals surface area (Å²) in [7, 11) is 0. The minimum Gasteiger partial charge on any atom is -0.355 e. The normalized spacial score (nSPS) is 28.5. The molecule has 0 radical (unpaired) electrons. The van der Waals surface area contributed by atoms with Gasteiger partial charge in [-0.05, 0) is 31.4 Å². The monoisotopic (exact) mass is 199 g/mol. The standard InChI is InChI=1S/C10H17NOS/c12-10(8-3-1-4-8)11-7-9-5-2-6-13-9/h8-9H,1-7H2,(H,11,12). The van der Waals surface area contributed by atoms with Gasteiger partial charge in [0.25, 0.3) is 0 Å². The van der Waals surface area contributed by atoms with Crippen LogP contribution in [0.1, 0.15) is 32.1 Å². The Labute approximate surface area is 83.8 Å². The van der Waals surface area contributed by atoms with E-state index in [1.807, 2.05) is 11.8 Å². The van der Waals surface area contributed by atoms with Crippen LogP contribution in [0, 0.1) is 5.92 Å². The summed E-state index contributed by atoms with van der Waals surface area (Å²) < 4.78 is 0. The summed E-state index contributed by atoms with van der Waals surface area (Å²) >= 11 is 2.01. The van der Waals surface area contributed by atoms with Crippen LogP contribution in [0.3, 0.4) is 0 Å². The van der Waals surface area contributed by atoms with Crippen molar-refractivity contribution in [2.75, 3.05) is 12.3 Å². The van der Waals surface area contributed by atoms with Crippen molar-refractivity contribution in [3.05, 3.63) is 0 Å². The van der Waals surface area contributed by atoms with E-state index in [2.05, 4.69) is 5.32 Å². The highest BCUT2D eigenvalue weighted by Gasteiger charge is 2.25. The molecule has 1 saturated heterocycles. The summed E-state index contributed by atoms with van der Waals surface area (Å²) in [5, 5.41) is 3.76. The van der Waals surface area contributed by atoms with Crippen LogP contribution in [0.5, 0.6) is 0 Å². The van der Waals surface area contributed by atoms with Gasteiger partial charge in [0.15, 0.2) is 0 Å². The number of hydrogen-bond donors (Lipinski definition) is 1. The second-order valence-corrected chi connectivity index (χ2v) is 5.42. The van der Waals surface area contributed by atoms with Gasteiger partial charge in [0, 0.05) is 17.7 Å². The Kier molecular flexibility index (Phi) is 3.14. The molecule has 2 fully saturated rings. The molecule has 1 unspecified atom stereocenters. The van der Waals surface area contributed by atoms with Gasteiger partial charge in [0.1, 0.15) is 0 Å². The Morgan fingerprint density at radius 3 is 2.69 bits per heavy atom. The Balaban J connectivity index is 1.63. The summed E-state index contributed by atoms with van der Waals surface area (Å²) in [4.78, 5) is 11.5. The molecule has 13 heavy (non-hydrogen) atoms. The first kappa shape index (κ1) is 9.38. The molecule has 74 valence electrons. The van der Waals surface area contributed by atoms with Crippen molar-refractivity contribution in [1.82, 2.24) is 5.32 Å². The van der Waals surface area contributed by atoms with Crippen molar-refractivity contribution in [2.45, 2.75) is 37.4 Å². The maximum absolute atomic E-state index is 11.5. The SMILES string of the molecule is O=C(NCC1CCCS1)C1CCC1. The van der Waals surface area contributed by atoms with Crippen molar-refractivity contribution in [1.29, 1.82) is 0 Å². The van der Waals surface area contributed by atoms with Crippen LogP contribution in [-0.4, -0.2) is 23.5 Å². The summed E-state index contributed by atoms with van der Waals surface area (Å²) in [5.41, 5.74) is 0. The van der Waals surface area contributed by atoms with Gasteiger partial charge in [-0.1, -0.05) is 6.42 Å². The molecule has 3 heteroatoms. The van der Waals surface area contributed by atoms with E-state index >= 15 is 0 Å². The number of carbonyl (C=O) groups excluding carboxylic acids is 1. The van der Waals surface area contributed by atoms with Gasteiger partial charge in [-0.15, -0.1) is 0 Å². The van der Waals surface area contributed by atoms with Gasteiger partial charge < -0.3 is 5.32 Å². The zero-order valence-electron chi connectivity index (χ0n) is 7.92. The van der Waals surface area contributed by atoms with Crippen LogP contribution in [0.2, 0.25) is 0 Å². The number of thioether (sulfide) groups is 1. The average Bonchev–Trinajstić information content (AvgIpc) is 2.49. The lowest BCUT2D eigenvalue weighted by Crippen LogP contribution is -2.37. The molecule has 0 spiro atoms. The van der Waals surface area contributed by atoms with Gasteiger partial charge in [-0.3, -0.25) is 4.79 Å². The van der Waals surface area contributed by atoms with Gasteiger partial charge in [0.05, 0.1) is 0 Å². The first-order valence-electron chi connectivity index (χ1n) is 5.25. The Morgan fingerprint density at radius 2 is 2.15 bits per heavy atom. The molecule has 1 amide bonds. The first-order valence-corrected chi connectivity index (χ1v) is 6.30. The number of rotatable bonds is 3. The Hall–Kier alpha value is -0.180. The summed E-state index contributed by atoms with van der Waals surface area (Å²) in [6, 6.07) is 0. The highest BCUT2D eigenvalue weighted by atomic mass is 32.2. The highest BCUT2D eigenvalue weighted by Crippen LogP contribution is 2.27. The van der Waals surface area contributed by atoms with Crippen molar-refractivity contribution >= 4 is 17.7 Å². The van der Waals surface area contributed by atoms with Crippen LogP contribution in [0.15, 0.2) is 0 Å². The van der Waals surface area contributed by atoms with E-state index in [4.69, 9.17) is 0 Å². The van der Waals surface area contributed by atoms with Crippen molar-refractivity contribution in [2.24, 2.45) is 5.92 Å². The molecule has 1 saturated carbocycles. The topological polar surface area (TPSA) is 29.1 Å². The molecule has 2 rings (SSSR count). The highest BCUT2D eigenvalue weighted by molar-refractivity contribution is 8.00. The van der Waals surface area contributed by atoms with Crippen LogP contribution < -0.4 is 5.32 Å². The largest absolute Gasteiger partial charge is 0.355 e. The molecule has 0 aromatic carbocycles. The molecule has 0 aromatic heterocycles. The summed E-state index contributed by atoms with van der Waals surface area (Å²) in [6.45, 7) is 0.903. The van der Waals surface area contributed by atoms with Gasteiger partial charge >= 0.3 is 0 Å². The zero-order chi connectivity index (χ0) is 9.10. The third-order valence-electron chi connectivity index (χ3n) is 3.00. The summed E-state index contributed by atoms with van der Waals surface area (Å²) in [6.07, 6.45) is 6.09. The predicted molar refractivity (Wildman–Crippen MR) is 55.8 cm³/mol. The van der Waals surface area contributed by atoms with Crippen LogP contribution in [0.4, 0.5) is 0 Å². The molecular formula is C10H17NOS. The second kappa shape index (κ2) is 4.36. The fraction of sp³-hybridized carbons (Fsp3) is 0.900. The van der Waals surface area contributed by atoms with Crippen molar-refractivity contribution in [3.8, 4) is 0 Å². The van der Waals surface area contributed by atoms with E-state index < -0.39 is 0 Å². The molecule has 1 aliphatic heterocycles. The molecule has 0 bridgehead atoms. The van der Waals surface area contributed by atoms with E-state index in [1.54, 1.807) is 0 Å². The maximum atomic E-state index is 11.5. The third-order valence-corrected chi connectivity index (χ3v) is 4.40. The second-order valence-electron chi connectivity index (χ2n) is 4.01. The fourth-order valence-corrected chi connectivity index (χ4v) is 3.04. The number of nitrogens with one attached hydrogen (secondary N) is 1. The number of carbonyl (C=O) groups is 1. The van der Waals surface area contributed by atoms with Gasteiger partial charge in [0.2, 0.25) is 5.91 Å². The van der Waals surface area contributed by atoms with E-state index in [9.17, 15) is 4.79 Å². The molecule has 2 nitrogen and oxygen atoms in total. The lowest BCUT2D eigenvalue weighted by molar-refractivity contribution is -0.127.